The van der Waals surface area contributed by atoms with Crippen LogP contribution >= 0.6 is 12.2 Å². The van der Waals surface area contributed by atoms with E-state index >= 15 is 0 Å². The smallest absolute Gasteiger partial charge is 0.240 e. The zero-order valence-electron chi connectivity index (χ0n) is 16.3. The van der Waals surface area contributed by atoms with E-state index in [0.717, 1.165) is 24.2 Å². The highest BCUT2D eigenvalue weighted by Gasteiger charge is 2.12. The van der Waals surface area contributed by atoms with Crippen LogP contribution in [0.3, 0.4) is 0 Å². The molecule has 0 fully saturated rings. The molecule has 0 saturated heterocycles. The second kappa shape index (κ2) is 11.5. The average Bonchev–Trinajstić information content (AvgIpc) is 3.04. The van der Waals surface area contributed by atoms with Gasteiger partial charge in [-0.05, 0) is 42.9 Å². The van der Waals surface area contributed by atoms with Crippen molar-refractivity contribution in [1.29, 1.82) is 0 Å². The number of rotatable bonds is 12. The normalized spacial score (nSPS) is 10.7. The van der Waals surface area contributed by atoms with Crippen molar-refractivity contribution in [3.8, 4) is 17.1 Å². The van der Waals surface area contributed by atoms with E-state index in [4.69, 9.17) is 17.0 Å². The summed E-state index contributed by atoms with van der Waals surface area (Å²) in [7, 11) is 1.63. The van der Waals surface area contributed by atoms with Crippen LogP contribution in [0.1, 0.15) is 51.9 Å². The first-order valence-corrected chi connectivity index (χ1v) is 10.1. The maximum Gasteiger partial charge on any atom is 0.240 e. The van der Waals surface area contributed by atoms with Gasteiger partial charge in [0.1, 0.15) is 12.3 Å². The second-order valence-electron chi connectivity index (χ2n) is 6.64. The van der Waals surface area contributed by atoms with Gasteiger partial charge >= 0.3 is 0 Å². The number of carbonyl (C=O) groups is 1. The number of nitrogens with one attached hydrogen (secondary N) is 2. The molecule has 27 heavy (non-hydrogen) atoms. The highest BCUT2D eigenvalue weighted by atomic mass is 32.1. The number of nitrogens with zero attached hydrogens (tertiary/aromatic N) is 2. The fourth-order valence-corrected chi connectivity index (χ4v) is 3.13. The molecule has 1 aromatic carbocycles. The summed E-state index contributed by atoms with van der Waals surface area (Å²) >= 11 is 5.28. The number of carbonyl (C=O) groups excluding carboxylic acids is 1. The molecular formula is C20H30N4O2S. The van der Waals surface area contributed by atoms with Crippen molar-refractivity contribution in [2.45, 2.75) is 58.4 Å². The molecule has 0 saturated carbocycles. The molecule has 2 rings (SSSR count). The van der Waals surface area contributed by atoms with E-state index in [2.05, 4.69) is 22.4 Å². The maximum atomic E-state index is 12.3. The fraction of sp³-hybridized carbons (Fsp3) is 0.550. The van der Waals surface area contributed by atoms with Crippen molar-refractivity contribution in [2.24, 2.45) is 0 Å². The minimum Gasteiger partial charge on any atom is -0.497 e. The number of H-pyrrole nitrogens is 1. The molecule has 6 nitrogen and oxygen atoms in total. The van der Waals surface area contributed by atoms with Crippen molar-refractivity contribution in [2.75, 3.05) is 13.7 Å². The highest BCUT2D eigenvalue weighted by molar-refractivity contribution is 7.71. The maximum absolute atomic E-state index is 12.3. The van der Waals surface area contributed by atoms with Crippen LogP contribution in [0.5, 0.6) is 5.75 Å². The lowest BCUT2D eigenvalue weighted by molar-refractivity contribution is -0.121. The zero-order valence-corrected chi connectivity index (χ0v) is 17.1. The molecule has 0 aliphatic carbocycles. The summed E-state index contributed by atoms with van der Waals surface area (Å²) in [6.07, 6.45) is 8.60. The van der Waals surface area contributed by atoms with Gasteiger partial charge in [0.2, 0.25) is 5.91 Å². The van der Waals surface area contributed by atoms with E-state index in [-0.39, 0.29) is 12.5 Å². The second-order valence-corrected chi connectivity index (χ2v) is 7.02. The van der Waals surface area contributed by atoms with Gasteiger partial charge in [-0.15, -0.1) is 0 Å². The van der Waals surface area contributed by atoms with Crippen LogP contribution < -0.4 is 10.1 Å². The molecule has 0 bridgehead atoms. The molecule has 0 unspecified atom stereocenters. The number of methoxy groups -OCH3 is 1. The van der Waals surface area contributed by atoms with Gasteiger partial charge in [-0.1, -0.05) is 45.4 Å². The molecule has 1 amide bonds. The molecule has 148 valence electrons. The van der Waals surface area contributed by atoms with Crippen LogP contribution in [0.15, 0.2) is 24.3 Å². The van der Waals surface area contributed by atoms with E-state index in [1.54, 1.807) is 11.7 Å². The highest BCUT2D eigenvalue weighted by Crippen LogP contribution is 2.20. The predicted molar refractivity (Wildman–Crippen MR) is 110 cm³/mol. The largest absolute Gasteiger partial charge is 0.497 e. The Bertz CT molecular complexity index is 752. The van der Waals surface area contributed by atoms with Crippen molar-refractivity contribution in [1.82, 2.24) is 20.1 Å². The standard InChI is InChI=1S/C20H30N4O2S/c1-3-4-5-6-7-8-9-14-21-18(25)15-24-19(22-23-20(24)27)16-10-12-17(26-2)13-11-16/h10-13H,3-9,14-15H2,1-2H3,(H,21,25)(H,23,27). The molecule has 0 atom stereocenters. The third kappa shape index (κ3) is 6.82. The Kier molecular flexibility index (Phi) is 9.04. The number of unbranched alkanes of at least 4 members (excludes halogenated alkanes) is 6. The minimum absolute atomic E-state index is 0.0479. The minimum atomic E-state index is -0.0479. The molecular weight excluding hydrogens is 360 g/mol. The van der Waals surface area contributed by atoms with Crippen LogP contribution in [0.2, 0.25) is 0 Å². The lowest BCUT2D eigenvalue weighted by atomic mass is 10.1. The van der Waals surface area contributed by atoms with E-state index in [0.29, 0.717) is 17.1 Å². The molecule has 2 N–H and O–H groups in total. The molecule has 7 heteroatoms. The summed E-state index contributed by atoms with van der Waals surface area (Å²) in [6, 6.07) is 7.52. The lowest BCUT2D eigenvalue weighted by Crippen LogP contribution is -2.28. The number of ether oxygens (including phenoxy) is 1. The Hall–Kier alpha value is -2.15. The summed E-state index contributed by atoms with van der Waals surface area (Å²) in [5, 5.41) is 10.0. The third-order valence-electron chi connectivity index (χ3n) is 4.51. The van der Waals surface area contributed by atoms with Crippen LogP contribution in [0.25, 0.3) is 11.4 Å². The first-order valence-electron chi connectivity index (χ1n) is 9.72. The van der Waals surface area contributed by atoms with Crippen molar-refractivity contribution in [3.05, 3.63) is 29.0 Å². The van der Waals surface area contributed by atoms with Crippen molar-refractivity contribution >= 4 is 18.1 Å². The van der Waals surface area contributed by atoms with E-state index in [9.17, 15) is 4.79 Å². The lowest BCUT2D eigenvalue weighted by Gasteiger charge is -2.09. The molecule has 0 radical (unpaired) electrons. The number of hydrogen-bond donors (Lipinski definition) is 2. The average molecular weight is 391 g/mol. The summed E-state index contributed by atoms with van der Waals surface area (Å²) in [6.45, 7) is 3.09. The van der Waals surface area contributed by atoms with Crippen molar-refractivity contribution in [3.63, 3.8) is 0 Å². The van der Waals surface area contributed by atoms with Gasteiger partial charge in [-0.3, -0.25) is 14.5 Å². The number of hydrogen-bond acceptors (Lipinski definition) is 4. The number of aromatic nitrogens is 3. The van der Waals surface area contributed by atoms with Gasteiger partial charge < -0.3 is 10.1 Å². The zero-order chi connectivity index (χ0) is 19.5. The number of amides is 1. The van der Waals surface area contributed by atoms with Crippen LogP contribution in [-0.2, 0) is 11.3 Å². The molecule has 1 heterocycles. The topological polar surface area (TPSA) is 71.9 Å². The molecule has 1 aromatic heterocycles. The van der Waals surface area contributed by atoms with Gasteiger partial charge in [0, 0.05) is 12.1 Å². The Balaban J connectivity index is 1.82. The molecule has 0 aliphatic heterocycles. The summed E-state index contributed by atoms with van der Waals surface area (Å²) < 4.78 is 7.33. The van der Waals surface area contributed by atoms with E-state index < -0.39 is 0 Å². The Morgan fingerprint density at radius 3 is 2.48 bits per heavy atom. The first kappa shape index (κ1) is 21.2. The van der Waals surface area contributed by atoms with E-state index in [1.807, 2.05) is 24.3 Å². The molecule has 0 spiro atoms. The predicted octanol–water partition coefficient (Wildman–Crippen LogP) is 4.48. The summed E-state index contributed by atoms with van der Waals surface area (Å²) in [5.74, 6) is 1.37. The van der Waals surface area contributed by atoms with E-state index in [1.165, 1.54) is 32.1 Å². The van der Waals surface area contributed by atoms with Gasteiger partial charge in [-0.25, -0.2) is 0 Å². The summed E-state index contributed by atoms with van der Waals surface area (Å²) in [4.78, 5) is 12.3. The van der Waals surface area contributed by atoms with Crippen molar-refractivity contribution < 1.29 is 9.53 Å². The third-order valence-corrected chi connectivity index (χ3v) is 4.82. The van der Waals surface area contributed by atoms with Crippen LogP contribution in [0, 0.1) is 4.77 Å². The van der Waals surface area contributed by atoms with Gasteiger partial charge in [-0.2, -0.15) is 5.10 Å². The van der Waals surface area contributed by atoms with Gasteiger partial charge in [0.05, 0.1) is 7.11 Å². The SMILES string of the molecule is CCCCCCCCCNC(=O)Cn1c(-c2ccc(OC)cc2)n[nH]c1=S. The molecule has 2 aromatic rings. The fourth-order valence-electron chi connectivity index (χ4n) is 2.93. The van der Waals surface area contributed by atoms with Crippen LogP contribution in [0.4, 0.5) is 0 Å². The van der Waals surface area contributed by atoms with Gasteiger partial charge in [0.25, 0.3) is 0 Å². The Morgan fingerprint density at radius 2 is 1.81 bits per heavy atom. The monoisotopic (exact) mass is 390 g/mol. The summed E-state index contributed by atoms with van der Waals surface area (Å²) in [5.41, 5.74) is 0.878. The number of aromatic amines is 1. The van der Waals surface area contributed by atoms with Gasteiger partial charge in [0.15, 0.2) is 10.6 Å². The number of benzene rings is 1. The quantitative estimate of drug-likeness (QED) is 0.414. The molecule has 0 aliphatic rings. The first-order chi connectivity index (χ1) is 13.2. The van der Waals surface area contributed by atoms with Crippen LogP contribution in [-0.4, -0.2) is 34.3 Å². The Morgan fingerprint density at radius 1 is 1.15 bits per heavy atom. The Labute approximate surface area is 166 Å².